The van der Waals surface area contributed by atoms with Gasteiger partial charge in [-0.1, -0.05) is 43.8 Å². The Kier molecular flexibility index (Phi) is 8.83. The topological polar surface area (TPSA) is 58.9 Å². The normalized spacial score (nSPS) is 7.58. The third-order valence-electron chi connectivity index (χ3n) is 1.86. The Morgan fingerprint density at radius 3 is 1.21 bits per heavy atom. The average Bonchev–Trinajstić information content (AvgIpc) is 2.43. The van der Waals surface area contributed by atoms with E-state index in [0.717, 1.165) is 0 Å². The van der Waals surface area contributed by atoms with Crippen LogP contribution in [0.1, 0.15) is 7.43 Å². The van der Waals surface area contributed by atoms with Gasteiger partial charge in [0.1, 0.15) is 0 Å². The monoisotopic (exact) mass is 254 g/mol. The Morgan fingerprint density at radius 2 is 0.947 bits per heavy atom. The molecule has 0 radical (unpaired) electrons. The maximum absolute atomic E-state index is 9.68. The SMILES string of the molecule is C.O=C=Nc1ccccc1.O=C=Nc1ccccc1. The van der Waals surface area contributed by atoms with Crippen LogP contribution in [0.25, 0.3) is 0 Å². The highest BCUT2D eigenvalue weighted by Crippen LogP contribution is 2.07. The van der Waals surface area contributed by atoms with E-state index in [1.54, 1.807) is 24.3 Å². The van der Waals surface area contributed by atoms with Gasteiger partial charge in [0.15, 0.2) is 0 Å². The third-order valence-corrected chi connectivity index (χ3v) is 1.86. The van der Waals surface area contributed by atoms with Crippen molar-refractivity contribution >= 4 is 23.5 Å². The van der Waals surface area contributed by atoms with E-state index in [0.29, 0.717) is 11.4 Å². The zero-order valence-electron chi connectivity index (χ0n) is 9.48. The molecule has 0 fully saturated rings. The van der Waals surface area contributed by atoms with E-state index in [-0.39, 0.29) is 7.43 Å². The van der Waals surface area contributed by atoms with Gasteiger partial charge in [0.25, 0.3) is 0 Å². The smallest absolute Gasteiger partial charge is 0.211 e. The molecule has 0 unspecified atom stereocenters. The fourth-order valence-electron chi connectivity index (χ4n) is 1.11. The van der Waals surface area contributed by atoms with Crippen LogP contribution in [0.4, 0.5) is 11.4 Å². The summed E-state index contributed by atoms with van der Waals surface area (Å²) in [6, 6.07) is 18.0. The van der Waals surface area contributed by atoms with Crippen molar-refractivity contribution in [2.75, 3.05) is 0 Å². The second-order valence-corrected chi connectivity index (χ2v) is 3.08. The van der Waals surface area contributed by atoms with Gasteiger partial charge in [-0.25, -0.2) is 9.59 Å². The summed E-state index contributed by atoms with van der Waals surface area (Å²) < 4.78 is 0. The predicted molar refractivity (Wildman–Crippen MR) is 75.2 cm³/mol. The van der Waals surface area contributed by atoms with Gasteiger partial charge in [0.2, 0.25) is 12.2 Å². The Morgan fingerprint density at radius 1 is 0.632 bits per heavy atom. The van der Waals surface area contributed by atoms with Crippen LogP contribution in [0.15, 0.2) is 70.6 Å². The Hall–Kier alpha value is -2.80. The molecule has 0 bridgehead atoms. The van der Waals surface area contributed by atoms with E-state index >= 15 is 0 Å². The van der Waals surface area contributed by atoms with Crippen molar-refractivity contribution in [3.8, 4) is 0 Å². The molecular formula is C15H14N2O2. The van der Waals surface area contributed by atoms with Crippen LogP contribution in [0.5, 0.6) is 0 Å². The number of benzene rings is 2. The Bertz CT molecular complexity index is 502. The van der Waals surface area contributed by atoms with Crippen molar-refractivity contribution < 1.29 is 9.59 Å². The number of para-hydroxylation sites is 2. The molecule has 0 aromatic heterocycles. The van der Waals surface area contributed by atoms with Gasteiger partial charge in [-0.15, -0.1) is 0 Å². The molecule has 96 valence electrons. The molecule has 4 heteroatoms. The molecule has 19 heavy (non-hydrogen) atoms. The zero-order valence-corrected chi connectivity index (χ0v) is 9.48. The number of nitrogens with zero attached hydrogens (tertiary/aromatic N) is 2. The van der Waals surface area contributed by atoms with E-state index in [1.165, 1.54) is 12.2 Å². The van der Waals surface area contributed by atoms with Crippen LogP contribution >= 0.6 is 0 Å². The van der Waals surface area contributed by atoms with Crippen molar-refractivity contribution in [1.82, 2.24) is 0 Å². The quantitative estimate of drug-likeness (QED) is 0.602. The summed E-state index contributed by atoms with van der Waals surface area (Å²) >= 11 is 0. The second-order valence-electron chi connectivity index (χ2n) is 3.08. The molecule has 0 aliphatic heterocycles. The molecule has 0 spiro atoms. The largest absolute Gasteiger partial charge is 0.240 e. The van der Waals surface area contributed by atoms with Gasteiger partial charge < -0.3 is 0 Å². The maximum Gasteiger partial charge on any atom is 0.240 e. The molecule has 0 saturated heterocycles. The lowest BCUT2D eigenvalue weighted by Crippen LogP contribution is -1.59. The molecule has 2 rings (SSSR count). The summed E-state index contributed by atoms with van der Waals surface area (Å²) in [4.78, 5) is 26.2. The molecular weight excluding hydrogens is 240 g/mol. The molecule has 4 nitrogen and oxygen atoms in total. The van der Waals surface area contributed by atoms with Gasteiger partial charge in [0.05, 0.1) is 11.4 Å². The molecule has 0 atom stereocenters. The number of rotatable bonds is 2. The van der Waals surface area contributed by atoms with E-state index in [1.807, 2.05) is 36.4 Å². The van der Waals surface area contributed by atoms with E-state index in [2.05, 4.69) is 9.98 Å². The molecule has 0 heterocycles. The summed E-state index contributed by atoms with van der Waals surface area (Å²) in [6.45, 7) is 0. The van der Waals surface area contributed by atoms with Crippen LogP contribution in [0.3, 0.4) is 0 Å². The van der Waals surface area contributed by atoms with E-state index < -0.39 is 0 Å². The second kappa shape index (κ2) is 10.4. The summed E-state index contributed by atoms with van der Waals surface area (Å²) in [6.07, 6.45) is 2.92. The maximum atomic E-state index is 9.68. The van der Waals surface area contributed by atoms with E-state index in [9.17, 15) is 9.59 Å². The Balaban J connectivity index is 0.000000324. The average molecular weight is 254 g/mol. The number of isocyanates is 2. The van der Waals surface area contributed by atoms with E-state index in [4.69, 9.17) is 0 Å². The molecule has 0 aliphatic rings. The molecule has 0 aliphatic carbocycles. The van der Waals surface area contributed by atoms with Crippen molar-refractivity contribution in [3.05, 3.63) is 60.7 Å². The lowest BCUT2D eigenvalue weighted by atomic mass is 10.3. The van der Waals surface area contributed by atoms with Crippen LogP contribution in [0, 0.1) is 0 Å². The van der Waals surface area contributed by atoms with Crippen LogP contribution in [-0.2, 0) is 9.59 Å². The van der Waals surface area contributed by atoms with Gasteiger partial charge in [-0.2, -0.15) is 9.98 Å². The third kappa shape index (κ3) is 7.18. The van der Waals surface area contributed by atoms with Crippen molar-refractivity contribution in [2.24, 2.45) is 9.98 Å². The van der Waals surface area contributed by atoms with Gasteiger partial charge >= 0.3 is 0 Å². The molecule has 2 aromatic rings. The zero-order chi connectivity index (χ0) is 13.1. The number of hydrogen-bond acceptors (Lipinski definition) is 4. The number of carbonyl (C=O) groups excluding carboxylic acids is 2. The highest BCUT2D eigenvalue weighted by Gasteiger charge is 1.80. The number of hydrogen-bond donors (Lipinski definition) is 0. The molecule has 0 saturated carbocycles. The lowest BCUT2D eigenvalue weighted by molar-refractivity contribution is 0.564. The first-order valence-electron chi connectivity index (χ1n) is 5.12. The summed E-state index contributed by atoms with van der Waals surface area (Å²) in [5, 5.41) is 0. The highest BCUT2D eigenvalue weighted by molar-refractivity contribution is 5.48. The molecule has 2 aromatic carbocycles. The predicted octanol–water partition coefficient (Wildman–Crippen LogP) is 3.94. The summed E-state index contributed by atoms with van der Waals surface area (Å²) in [5.41, 5.74) is 1.29. The minimum Gasteiger partial charge on any atom is -0.211 e. The minimum atomic E-state index is 0. The van der Waals surface area contributed by atoms with Crippen LogP contribution < -0.4 is 0 Å². The highest BCUT2D eigenvalue weighted by atomic mass is 16.1. The van der Waals surface area contributed by atoms with Crippen molar-refractivity contribution in [3.63, 3.8) is 0 Å². The lowest BCUT2D eigenvalue weighted by Gasteiger charge is -1.83. The molecule has 0 amide bonds. The van der Waals surface area contributed by atoms with Crippen LogP contribution in [0.2, 0.25) is 0 Å². The summed E-state index contributed by atoms with van der Waals surface area (Å²) in [7, 11) is 0. The Labute approximate surface area is 112 Å². The minimum absolute atomic E-state index is 0. The number of aliphatic imine (C=N–C) groups is 2. The van der Waals surface area contributed by atoms with Gasteiger partial charge in [-0.3, -0.25) is 0 Å². The standard InChI is InChI=1S/2C7H5NO.CH4/c2*9-6-8-7-4-2-1-3-5-7;/h2*1-5H;1H4. The van der Waals surface area contributed by atoms with Crippen molar-refractivity contribution in [2.45, 2.75) is 7.43 Å². The van der Waals surface area contributed by atoms with Gasteiger partial charge in [0, 0.05) is 0 Å². The first-order chi connectivity index (χ1) is 8.86. The van der Waals surface area contributed by atoms with Gasteiger partial charge in [-0.05, 0) is 24.3 Å². The first-order valence-corrected chi connectivity index (χ1v) is 5.12. The first kappa shape index (κ1) is 16.2. The van der Waals surface area contributed by atoms with Crippen molar-refractivity contribution in [1.29, 1.82) is 0 Å². The van der Waals surface area contributed by atoms with Crippen LogP contribution in [-0.4, -0.2) is 12.2 Å². The molecule has 0 N–H and O–H groups in total. The summed E-state index contributed by atoms with van der Waals surface area (Å²) in [5.74, 6) is 0. The fourth-order valence-corrected chi connectivity index (χ4v) is 1.11. The fraction of sp³-hybridized carbons (Fsp3) is 0.0667.